The summed E-state index contributed by atoms with van der Waals surface area (Å²) >= 11 is 0. The Hall–Kier alpha value is -0.830. The second-order valence-corrected chi connectivity index (χ2v) is 4.93. The number of hydrogen-bond donors (Lipinski definition) is 1. The molecule has 3 heteroatoms. The highest BCUT2D eigenvalue weighted by molar-refractivity contribution is 4.99. The van der Waals surface area contributed by atoms with E-state index in [1.54, 1.807) is 0 Å². The van der Waals surface area contributed by atoms with Gasteiger partial charge in [0, 0.05) is 18.4 Å². The van der Waals surface area contributed by atoms with Crippen LogP contribution >= 0.6 is 0 Å². The fourth-order valence-corrected chi connectivity index (χ4v) is 2.65. The van der Waals surface area contributed by atoms with Gasteiger partial charge in [0.15, 0.2) is 0 Å². The Kier molecular flexibility index (Phi) is 4.40. The fourth-order valence-electron chi connectivity index (χ4n) is 2.65. The van der Waals surface area contributed by atoms with Crippen LogP contribution in [0.5, 0.6) is 0 Å². The number of imidazole rings is 1. The van der Waals surface area contributed by atoms with Crippen LogP contribution in [0.15, 0.2) is 12.5 Å². The summed E-state index contributed by atoms with van der Waals surface area (Å²) in [4.78, 5) is 4.26. The molecular weight excluding hydrogens is 198 g/mol. The average Bonchev–Trinajstić information content (AvgIpc) is 2.75. The summed E-state index contributed by atoms with van der Waals surface area (Å²) in [5.41, 5.74) is 6.91. The molecule has 1 saturated carbocycles. The van der Waals surface area contributed by atoms with Gasteiger partial charge in [0.2, 0.25) is 0 Å². The Bertz CT molecular complexity index is 300. The zero-order chi connectivity index (χ0) is 11.2. The molecule has 0 radical (unpaired) electrons. The number of nitrogens with two attached hydrogens (primary N) is 1. The molecule has 1 aliphatic carbocycles. The first-order chi connectivity index (χ1) is 7.90. The Morgan fingerprint density at radius 2 is 2.12 bits per heavy atom. The molecule has 0 unspecified atom stereocenters. The van der Waals surface area contributed by atoms with E-state index in [1.807, 2.05) is 12.5 Å². The summed E-state index contributed by atoms with van der Waals surface area (Å²) in [5.74, 6) is 0.875. The van der Waals surface area contributed by atoms with Crippen molar-refractivity contribution in [2.45, 2.75) is 51.5 Å². The maximum Gasteiger partial charge on any atom is 0.0948 e. The Morgan fingerprint density at radius 1 is 1.31 bits per heavy atom. The standard InChI is InChI=1S/C13H23N3/c14-8-4-7-13-9-15-11-16(13)10-12-5-2-1-3-6-12/h9,11-12H,1-8,10,14H2. The number of nitrogens with zero attached hydrogens (tertiary/aromatic N) is 2. The molecule has 0 bridgehead atoms. The van der Waals surface area contributed by atoms with Crippen LogP contribution in [-0.4, -0.2) is 16.1 Å². The van der Waals surface area contributed by atoms with E-state index < -0.39 is 0 Å². The van der Waals surface area contributed by atoms with E-state index in [0.29, 0.717) is 0 Å². The molecule has 1 aliphatic rings. The van der Waals surface area contributed by atoms with Crippen molar-refractivity contribution in [3.8, 4) is 0 Å². The van der Waals surface area contributed by atoms with E-state index in [9.17, 15) is 0 Å². The van der Waals surface area contributed by atoms with Crippen molar-refractivity contribution in [2.75, 3.05) is 6.54 Å². The van der Waals surface area contributed by atoms with Gasteiger partial charge in [0.25, 0.3) is 0 Å². The zero-order valence-electron chi connectivity index (χ0n) is 10.1. The number of hydrogen-bond acceptors (Lipinski definition) is 2. The normalized spacial score (nSPS) is 17.8. The smallest absolute Gasteiger partial charge is 0.0948 e. The molecule has 90 valence electrons. The predicted octanol–water partition coefficient (Wildman–Crippen LogP) is 2.35. The van der Waals surface area contributed by atoms with Crippen LogP contribution in [0.2, 0.25) is 0 Å². The van der Waals surface area contributed by atoms with E-state index >= 15 is 0 Å². The van der Waals surface area contributed by atoms with E-state index in [0.717, 1.165) is 25.3 Å². The molecule has 2 N–H and O–H groups in total. The molecule has 0 aliphatic heterocycles. The first kappa shape index (κ1) is 11.6. The Balaban J connectivity index is 1.89. The van der Waals surface area contributed by atoms with Crippen molar-refractivity contribution in [1.82, 2.24) is 9.55 Å². The lowest BCUT2D eigenvalue weighted by Crippen LogP contribution is -2.15. The summed E-state index contributed by atoms with van der Waals surface area (Å²) in [6.45, 7) is 1.94. The lowest BCUT2D eigenvalue weighted by atomic mass is 9.89. The lowest BCUT2D eigenvalue weighted by Gasteiger charge is -2.22. The summed E-state index contributed by atoms with van der Waals surface area (Å²) < 4.78 is 2.34. The molecule has 0 aromatic carbocycles. The summed E-state index contributed by atoms with van der Waals surface area (Å²) in [6, 6.07) is 0. The third-order valence-electron chi connectivity index (χ3n) is 3.62. The van der Waals surface area contributed by atoms with E-state index in [-0.39, 0.29) is 0 Å². The molecule has 0 atom stereocenters. The monoisotopic (exact) mass is 221 g/mol. The van der Waals surface area contributed by atoms with Crippen LogP contribution in [0, 0.1) is 5.92 Å². The minimum absolute atomic E-state index is 0.772. The van der Waals surface area contributed by atoms with Crippen LogP contribution < -0.4 is 5.73 Å². The molecule has 1 fully saturated rings. The topological polar surface area (TPSA) is 43.8 Å². The van der Waals surface area contributed by atoms with Gasteiger partial charge < -0.3 is 10.3 Å². The molecule has 1 aromatic heterocycles. The summed E-state index contributed by atoms with van der Waals surface area (Å²) in [5, 5.41) is 0. The maximum atomic E-state index is 5.55. The van der Waals surface area contributed by atoms with Crippen molar-refractivity contribution in [3.63, 3.8) is 0 Å². The Morgan fingerprint density at radius 3 is 2.88 bits per heavy atom. The predicted molar refractivity (Wildman–Crippen MR) is 66.2 cm³/mol. The van der Waals surface area contributed by atoms with E-state index in [4.69, 9.17) is 5.73 Å². The van der Waals surface area contributed by atoms with Crippen LogP contribution in [0.25, 0.3) is 0 Å². The van der Waals surface area contributed by atoms with Crippen molar-refractivity contribution >= 4 is 0 Å². The fraction of sp³-hybridized carbons (Fsp3) is 0.769. The second kappa shape index (κ2) is 6.04. The van der Waals surface area contributed by atoms with Gasteiger partial charge in [-0.05, 0) is 38.1 Å². The lowest BCUT2D eigenvalue weighted by molar-refractivity contribution is 0.316. The largest absolute Gasteiger partial charge is 0.334 e. The number of rotatable bonds is 5. The van der Waals surface area contributed by atoms with Gasteiger partial charge in [-0.25, -0.2) is 4.98 Å². The highest BCUT2D eigenvalue weighted by atomic mass is 15.0. The van der Waals surface area contributed by atoms with Gasteiger partial charge >= 0.3 is 0 Å². The first-order valence-electron chi connectivity index (χ1n) is 6.59. The molecule has 0 amide bonds. The quantitative estimate of drug-likeness (QED) is 0.829. The second-order valence-electron chi connectivity index (χ2n) is 4.93. The molecule has 3 nitrogen and oxygen atoms in total. The van der Waals surface area contributed by atoms with Gasteiger partial charge in [0.05, 0.1) is 6.33 Å². The van der Waals surface area contributed by atoms with E-state index in [2.05, 4.69) is 9.55 Å². The van der Waals surface area contributed by atoms with Crippen LogP contribution in [0.4, 0.5) is 0 Å². The van der Waals surface area contributed by atoms with E-state index in [1.165, 1.54) is 44.3 Å². The maximum absolute atomic E-state index is 5.55. The van der Waals surface area contributed by atoms with Crippen molar-refractivity contribution in [2.24, 2.45) is 11.7 Å². The molecule has 0 saturated heterocycles. The minimum atomic E-state index is 0.772. The zero-order valence-corrected chi connectivity index (χ0v) is 10.1. The molecule has 1 heterocycles. The van der Waals surface area contributed by atoms with Crippen molar-refractivity contribution in [1.29, 1.82) is 0 Å². The van der Waals surface area contributed by atoms with Gasteiger partial charge in [-0.1, -0.05) is 19.3 Å². The van der Waals surface area contributed by atoms with Gasteiger partial charge in [-0.15, -0.1) is 0 Å². The highest BCUT2D eigenvalue weighted by Crippen LogP contribution is 2.25. The molecule has 0 spiro atoms. The Labute approximate surface area is 98.1 Å². The van der Waals surface area contributed by atoms with Crippen molar-refractivity contribution in [3.05, 3.63) is 18.2 Å². The SMILES string of the molecule is NCCCc1cncn1CC1CCCCC1. The van der Waals surface area contributed by atoms with Gasteiger partial charge in [-0.3, -0.25) is 0 Å². The number of aryl methyl sites for hydroxylation is 1. The number of aromatic nitrogens is 2. The molecule has 16 heavy (non-hydrogen) atoms. The molecule has 1 aromatic rings. The molecular formula is C13H23N3. The summed E-state index contributed by atoms with van der Waals surface area (Å²) in [7, 11) is 0. The minimum Gasteiger partial charge on any atom is -0.334 e. The van der Waals surface area contributed by atoms with Crippen LogP contribution in [0.1, 0.15) is 44.2 Å². The van der Waals surface area contributed by atoms with Crippen LogP contribution in [-0.2, 0) is 13.0 Å². The average molecular weight is 221 g/mol. The first-order valence-corrected chi connectivity index (χ1v) is 6.59. The highest BCUT2D eigenvalue weighted by Gasteiger charge is 2.14. The third-order valence-corrected chi connectivity index (χ3v) is 3.62. The summed E-state index contributed by atoms with van der Waals surface area (Å²) in [6.07, 6.45) is 13.2. The third kappa shape index (κ3) is 3.08. The van der Waals surface area contributed by atoms with Gasteiger partial charge in [0.1, 0.15) is 0 Å². The van der Waals surface area contributed by atoms with Gasteiger partial charge in [-0.2, -0.15) is 0 Å². The van der Waals surface area contributed by atoms with Crippen LogP contribution in [0.3, 0.4) is 0 Å². The van der Waals surface area contributed by atoms with Crippen molar-refractivity contribution < 1.29 is 0 Å². The molecule has 2 rings (SSSR count).